The van der Waals surface area contributed by atoms with Gasteiger partial charge in [-0.15, -0.1) is 0 Å². The average molecular weight is 534 g/mol. The summed E-state index contributed by atoms with van der Waals surface area (Å²) in [5.74, 6) is -0.135. The fraction of sp³-hybridized carbons (Fsp3) is 0.611. The minimum Gasteiger partial charge on any atom is -0.479 e. The van der Waals surface area contributed by atoms with E-state index in [4.69, 9.17) is 19.7 Å². The second-order valence-corrected chi connectivity index (χ2v) is 11.2. The summed E-state index contributed by atoms with van der Waals surface area (Å²) in [6.07, 6.45) is -0.867. The molecule has 0 saturated carbocycles. The van der Waals surface area contributed by atoms with Crippen molar-refractivity contribution in [2.24, 2.45) is 4.99 Å². The second-order valence-electron chi connectivity index (χ2n) is 7.95. The summed E-state index contributed by atoms with van der Waals surface area (Å²) < 4.78 is 28.4. The van der Waals surface area contributed by atoms with Crippen molar-refractivity contribution >= 4 is 48.5 Å². The summed E-state index contributed by atoms with van der Waals surface area (Å²) >= 11 is 0.900. The van der Waals surface area contributed by atoms with E-state index in [2.05, 4.69) is 20.3 Å². The first kappa shape index (κ1) is 27.1. The van der Waals surface area contributed by atoms with Crippen LogP contribution in [0.4, 0.5) is 16.4 Å². The summed E-state index contributed by atoms with van der Waals surface area (Å²) in [6, 6.07) is -1.17. The van der Waals surface area contributed by atoms with Crippen molar-refractivity contribution < 1.29 is 38.4 Å². The van der Waals surface area contributed by atoms with Crippen molar-refractivity contribution in [1.82, 2.24) is 25.1 Å². The molecular weight excluding hydrogens is 505 g/mol. The largest absolute Gasteiger partial charge is 0.479 e. The van der Waals surface area contributed by atoms with Gasteiger partial charge in [-0.1, -0.05) is 11.4 Å². The Morgan fingerprint density at radius 1 is 1.46 bits per heavy atom. The Kier molecular flexibility index (Phi) is 8.56. The van der Waals surface area contributed by atoms with Crippen molar-refractivity contribution in [3.8, 4) is 5.88 Å². The van der Waals surface area contributed by atoms with Gasteiger partial charge in [-0.25, -0.2) is 14.8 Å². The molecule has 2 aliphatic heterocycles. The van der Waals surface area contributed by atoms with Crippen LogP contribution in [-0.2, 0) is 18.6 Å². The lowest BCUT2D eigenvalue weighted by atomic mass is 9.97. The number of likely N-dealkylation sites (N-methyl/N-ethyl adjacent to an activating group) is 2. The summed E-state index contributed by atoms with van der Waals surface area (Å²) in [5, 5.41) is 23.9. The number of carbonyl (C=O) groups excluding carboxylic acids is 2. The van der Waals surface area contributed by atoms with Crippen LogP contribution >= 0.6 is 18.6 Å². The molecule has 3 rings (SSSR count). The van der Waals surface area contributed by atoms with Gasteiger partial charge < -0.3 is 40.2 Å². The third kappa shape index (κ3) is 5.85. The Bertz CT molecular complexity index is 1020. The number of anilines is 1. The number of carbonyl (C=O) groups is 2. The van der Waals surface area contributed by atoms with Crippen LogP contribution in [0.5, 0.6) is 5.88 Å². The minimum absolute atomic E-state index is 0.0157. The van der Waals surface area contributed by atoms with E-state index in [-0.39, 0.29) is 35.8 Å². The van der Waals surface area contributed by atoms with Crippen LogP contribution < -0.4 is 15.8 Å². The molecule has 3 amide bonds. The lowest BCUT2D eigenvalue weighted by Crippen LogP contribution is -2.51. The lowest BCUT2D eigenvalue weighted by Gasteiger charge is -2.26. The Hall–Kier alpha value is -2.49. The zero-order valence-electron chi connectivity index (χ0n) is 19.4. The molecule has 2 fully saturated rings. The van der Waals surface area contributed by atoms with Gasteiger partial charge >= 0.3 is 6.03 Å². The number of urea groups is 1. The van der Waals surface area contributed by atoms with Crippen LogP contribution in [0, 0.1) is 0 Å². The number of imide groups is 1. The van der Waals surface area contributed by atoms with Crippen LogP contribution in [-0.4, -0.2) is 112 Å². The van der Waals surface area contributed by atoms with E-state index in [9.17, 15) is 24.4 Å². The first-order valence-corrected chi connectivity index (χ1v) is 13.3. The first-order valence-electron chi connectivity index (χ1n) is 10.3. The molecule has 2 saturated heterocycles. The number of nitrogens with one attached hydrogen (secondary N) is 1. The molecule has 0 bridgehead atoms. The number of hydrogen-bond acceptors (Lipinski definition) is 13. The number of nitrogens with two attached hydrogens (primary N) is 1. The maximum absolute atomic E-state index is 12.3. The molecule has 0 spiro atoms. The number of aliphatic hydroxyl groups excluding tert-OH is 1. The predicted octanol–water partition coefficient (Wildman–Crippen LogP) is -0.814. The molecule has 1 unspecified atom stereocenters. The number of amides is 3. The molecule has 3 heterocycles. The molecule has 0 radical (unpaired) electrons. The number of rotatable bonds is 10. The van der Waals surface area contributed by atoms with Crippen molar-refractivity contribution in [2.45, 2.75) is 37.0 Å². The molecule has 6 atom stereocenters. The molecular formula is C18H28N7O8PS. The summed E-state index contributed by atoms with van der Waals surface area (Å²) in [5.41, 5.74) is 4.04. The van der Waals surface area contributed by atoms with Crippen molar-refractivity contribution in [2.75, 3.05) is 39.3 Å². The molecule has 2 aliphatic rings. The van der Waals surface area contributed by atoms with Gasteiger partial charge in [0.05, 0.1) is 26.3 Å². The predicted molar refractivity (Wildman–Crippen MR) is 127 cm³/mol. The van der Waals surface area contributed by atoms with Gasteiger partial charge in [0.25, 0.3) is 5.91 Å². The number of nitrogen functional groups attached to an aromatic ring is 1. The van der Waals surface area contributed by atoms with Gasteiger partial charge in [-0.3, -0.25) is 14.3 Å². The quantitative estimate of drug-likeness (QED) is 0.126. The molecule has 1 aromatic rings. The normalized spacial score (nSPS) is 29.9. The lowest BCUT2D eigenvalue weighted by molar-refractivity contribution is -0.126. The Morgan fingerprint density at radius 2 is 2.17 bits per heavy atom. The maximum atomic E-state index is 12.3. The fourth-order valence-corrected chi connectivity index (χ4v) is 5.80. The number of ether oxygens (including phenoxy) is 2. The average Bonchev–Trinajstić information content (AvgIpc) is 3.15. The molecule has 35 heavy (non-hydrogen) atoms. The van der Waals surface area contributed by atoms with Gasteiger partial charge in [0.1, 0.15) is 29.5 Å². The van der Waals surface area contributed by atoms with Crippen LogP contribution in [0.25, 0.3) is 0 Å². The van der Waals surface area contributed by atoms with Crippen molar-refractivity contribution in [3.63, 3.8) is 0 Å². The van der Waals surface area contributed by atoms with E-state index in [1.807, 2.05) is 0 Å². The Balaban J connectivity index is 1.51. The van der Waals surface area contributed by atoms with E-state index >= 15 is 0 Å². The highest BCUT2D eigenvalue weighted by molar-refractivity contribution is 8.50. The van der Waals surface area contributed by atoms with Gasteiger partial charge in [-0.05, 0) is 6.92 Å². The summed E-state index contributed by atoms with van der Waals surface area (Å²) in [4.78, 5) is 38.0. The zero-order valence-corrected chi connectivity index (χ0v) is 21.3. The number of aromatic nitrogens is 2. The summed E-state index contributed by atoms with van der Waals surface area (Å²) in [7, 11) is 1.58. The van der Waals surface area contributed by atoms with E-state index in [1.165, 1.54) is 45.6 Å². The molecule has 0 aliphatic carbocycles. The SMILES string of the molecule is COc1nc(N)ncc1/N=C\N[C@@H]1O[C@H](CO[PH](=O)SC[C@@H]2C(=O)N(C)C(=O)N2C)[C@@H](O)[C@@]1(C)O. The van der Waals surface area contributed by atoms with E-state index in [1.54, 1.807) is 0 Å². The highest BCUT2D eigenvalue weighted by atomic mass is 32.7. The third-order valence-electron chi connectivity index (χ3n) is 5.57. The van der Waals surface area contributed by atoms with Gasteiger partial charge in [0.15, 0.2) is 6.23 Å². The number of aliphatic imine (C=N–C) groups is 1. The minimum atomic E-state index is -2.68. The first-order chi connectivity index (χ1) is 16.5. The molecule has 1 aromatic heterocycles. The molecule has 5 N–H and O–H groups in total. The molecule has 0 aromatic carbocycles. The van der Waals surface area contributed by atoms with Gasteiger partial charge in [0, 0.05) is 19.8 Å². The van der Waals surface area contributed by atoms with E-state index < -0.39 is 43.3 Å². The van der Waals surface area contributed by atoms with Crippen LogP contribution in [0.3, 0.4) is 0 Å². The topological polar surface area (TPSA) is 202 Å². The highest BCUT2D eigenvalue weighted by Crippen LogP contribution is 2.41. The van der Waals surface area contributed by atoms with Gasteiger partial charge in [0.2, 0.25) is 19.1 Å². The monoisotopic (exact) mass is 533 g/mol. The highest BCUT2D eigenvalue weighted by Gasteiger charge is 2.52. The van der Waals surface area contributed by atoms with E-state index in [0.29, 0.717) is 0 Å². The Labute approximate surface area is 205 Å². The number of aliphatic hydroxyl groups is 2. The maximum Gasteiger partial charge on any atom is 0.326 e. The molecule has 194 valence electrons. The van der Waals surface area contributed by atoms with Crippen molar-refractivity contribution in [1.29, 1.82) is 0 Å². The zero-order chi connectivity index (χ0) is 25.9. The number of methoxy groups -OCH3 is 1. The van der Waals surface area contributed by atoms with Crippen LogP contribution in [0.2, 0.25) is 0 Å². The second kappa shape index (κ2) is 11.1. The molecule has 15 nitrogen and oxygen atoms in total. The number of hydrogen-bond donors (Lipinski definition) is 4. The Morgan fingerprint density at radius 3 is 2.80 bits per heavy atom. The number of nitrogens with zero attached hydrogens (tertiary/aromatic N) is 5. The van der Waals surface area contributed by atoms with Crippen LogP contribution in [0.15, 0.2) is 11.2 Å². The van der Waals surface area contributed by atoms with E-state index in [0.717, 1.165) is 16.3 Å². The summed E-state index contributed by atoms with van der Waals surface area (Å²) in [6.45, 7) is 1.09. The third-order valence-corrected chi connectivity index (χ3v) is 8.25. The standard InChI is InChI=1S/C18H28N7O8PS/c1-18(29)12(26)11(6-32-34(30)35-7-10-14(27)25(3)17(28)24(10)2)33-15(18)22-8-21-9-5-20-16(19)23-13(9)31-4/h5,8,10-12,15,26,29,34H,6-7H2,1-4H3,(H,21,22)(H2,19,20,23)/t10-,11-,12-,15-,18-/m1/s1. The molecule has 17 heteroatoms. The smallest absolute Gasteiger partial charge is 0.326 e. The fourth-order valence-electron chi connectivity index (χ4n) is 3.42. The van der Waals surface area contributed by atoms with Crippen LogP contribution in [0.1, 0.15) is 6.92 Å². The van der Waals surface area contributed by atoms with Crippen molar-refractivity contribution in [3.05, 3.63) is 6.20 Å². The van der Waals surface area contributed by atoms with Gasteiger partial charge in [-0.2, -0.15) is 4.98 Å².